The second-order valence-corrected chi connectivity index (χ2v) is 8.75. The van der Waals surface area contributed by atoms with Crippen LogP contribution < -0.4 is 0 Å². The SMILES string of the molecule is O=S(=O)(CCCN(CCO)Cc1cc(Br)ccc1F)c1ccccc1. The molecule has 4 nitrogen and oxygen atoms in total. The molecule has 0 atom stereocenters. The minimum absolute atomic E-state index is 0.0138. The molecule has 0 aliphatic carbocycles. The van der Waals surface area contributed by atoms with E-state index in [4.69, 9.17) is 0 Å². The standard InChI is InChI=1S/C18H21BrFNO3S/c19-16-7-8-18(20)15(13-16)14-21(10-11-22)9-4-12-25(23,24)17-5-2-1-3-6-17/h1-3,5-8,13,22H,4,9-12,14H2. The monoisotopic (exact) mass is 429 g/mol. The number of rotatable bonds is 9. The van der Waals surface area contributed by atoms with E-state index in [0.717, 1.165) is 4.47 Å². The van der Waals surface area contributed by atoms with Gasteiger partial charge in [0.2, 0.25) is 0 Å². The maximum Gasteiger partial charge on any atom is 0.178 e. The number of aliphatic hydroxyl groups excluding tert-OH is 1. The quantitative estimate of drug-likeness (QED) is 0.664. The average Bonchev–Trinajstić information content (AvgIpc) is 2.59. The molecule has 0 saturated heterocycles. The van der Waals surface area contributed by atoms with Crippen molar-refractivity contribution in [3.8, 4) is 0 Å². The molecule has 0 spiro atoms. The average molecular weight is 430 g/mol. The molecule has 0 aliphatic rings. The Bertz CT molecular complexity index is 784. The number of sulfone groups is 1. The number of benzene rings is 2. The molecule has 0 saturated carbocycles. The van der Waals surface area contributed by atoms with Crippen molar-refractivity contribution < 1.29 is 17.9 Å². The van der Waals surface area contributed by atoms with E-state index in [1.54, 1.807) is 42.5 Å². The molecule has 0 heterocycles. The Morgan fingerprint density at radius 1 is 1.08 bits per heavy atom. The van der Waals surface area contributed by atoms with Gasteiger partial charge in [0, 0.05) is 23.1 Å². The maximum absolute atomic E-state index is 13.9. The number of halogens is 2. The maximum atomic E-state index is 13.9. The van der Waals surface area contributed by atoms with Crippen LogP contribution in [0.25, 0.3) is 0 Å². The van der Waals surface area contributed by atoms with Crippen molar-refractivity contribution in [2.24, 2.45) is 0 Å². The largest absolute Gasteiger partial charge is 0.395 e. The van der Waals surface area contributed by atoms with E-state index < -0.39 is 9.84 Å². The summed E-state index contributed by atoms with van der Waals surface area (Å²) >= 11 is 3.32. The first-order valence-corrected chi connectivity index (χ1v) is 10.4. The first-order chi connectivity index (χ1) is 11.9. The summed E-state index contributed by atoms with van der Waals surface area (Å²) < 4.78 is 39.3. The second kappa shape index (κ2) is 9.43. The summed E-state index contributed by atoms with van der Waals surface area (Å²) in [6.45, 7) is 1.06. The molecule has 2 rings (SSSR count). The molecule has 0 aliphatic heterocycles. The van der Waals surface area contributed by atoms with Crippen LogP contribution >= 0.6 is 15.9 Å². The highest BCUT2D eigenvalue weighted by molar-refractivity contribution is 9.10. The van der Waals surface area contributed by atoms with E-state index in [-0.39, 0.29) is 18.2 Å². The van der Waals surface area contributed by atoms with Gasteiger partial charge < -0.3 is 5.11 Å². The summed E-state index contributed by atoms with van der Waals surface area (Å²) in [5, 5.41) is 9.21. The van der Waals surface area contributed by atoms with E-state index in [2.05, 4.69) is 15.9 Å². The summed E-state index contributed by atoms with van der Waals surface area (Å²) in [4.78, 5) is 2.16. The first kappa shape index (κ1) is 20.0. The summed E-state index contributed by atoms with van der Waals surface area (Å²) in [7, 11) is -3.33. The fourth-order valence-corrected chi connectivity index (χ4v) is 4.27. The van der Waals surface area contributed by atoms with Gasteiger partial charge in [-0.25, -0.2) is 12.8 Å². The molecule has 1 N–H and O–H groups in total. The predicted molar refractivity (Wildman–Crippen MR) is 99.6 cm³/mol. The van der Waals surface area contributed by atoms with Crippen molar-refractivity contribution in [3.63, 3.8) is 0 Å². The van der Waals surface area contributed by atoms with Crippen LogP contribution in [0.4, 0.5) is 4.39 Å². The number of hydrogen-bond acceptors (Lipinski definition) is 4. The molecule has 0 amide bonds. The number of nitrogens with zero attached hydrogens (tertiary/aromatic N) is 1. The Morgan fingerprint density at radius 3 is 2.48 bits per heavy atom. The van der Waals surface area contributed by atoms with Gasteiger partial charge >= 0.3 is 0 Å². The van der Waals surface area contributed by atoms with Crippen molar-refractivity contribution in [3.05, 3.63) is 64.4 Å². The minimum atomic E-state index is -3.33. The summed E-state index contributed by atoms with van der Waals surface area (Å²) in [6, 6.07) is 13.0. The first-order valence-electron chi connectivity index (χ1n) is 7.97. The van der Waals surface area contributed by atoms with Gasteiger partial charge in [-0.3, -0.25) is 4.90 Å². The Labute approximate surface area is 156 Å². The summed E-state index contributed by atoms with van der Waals surface area (Å²) in [5.74, 6) is -0.303. The van der Waals surface area contributed by atoms with Gasteiger partial charge in [-0.1, -0.05) is 34.1 Å². The molecule has 2 aromatic rings. The summed E-state index contributed by atoms with van der Waals surface area (Å²) in [5.41, 5.74) is 0.508. The van der Waals surface area contributed by atoms with E-state index in [1.807, 2.05) is 4.90 Å². The van der Waals surface area contributed by atoms with Gasteiger partial charge in [-0.15, -0.1) is 0 Å². The molecule has 7 heteroatoms. The molecule has 25 heavy (non-hydrogen) atoms. The lowest BCUT2D eigenvalue weighted by molar-refractivity contribution is 0.189. The molecule has 0 fully saturated rings. The molecular weight excluding hydrogens is 409 g/mol. The van der Waals surface area contributed by atoms with Crippen molar-refractivity contribution >= 4 is 25.8 Å². The van der Waals surface area contributed by atoms with Crippen LogP contribution in [0.3, 0.4) is 0 Å². The predicted octanol–water partition coefficient (Wildman–Crippen LogP) is 3.25. The third-order valence-electron chi connectivity index (χ3n) is 3.81. The Hall–Kier alpha value is -1.28. The van der Waals surface area contributed by atoms with Gasteiger partial charge in [0.1, 0.15) is 5.82 Å². The molecular formula is C18H21BrFNO3S. The third-order valence-corrected chi connectivity index (χ3v) is 6.12. The van der Waals surface area contributed by atoms with E-state index in [9.17, 15) is 17.9 Å². The minimum Gasteiger partial charge on any atom is -0.395 e. The fraction of sp³-hybridized carbons (Fsp3) is 0.333. The topological polar surface area (TPSA) is 57.6 Å². The van der Waals surface area contributed by atoms with E-state index in [1.165, 1.54) is 6.07 Å². The second-order valence-electron chi connectivity index (χ2n) is 5.72. The fourth-order valence-electron chi connectivity index (χ4n) is 2.54. The van der Waals surface area contributed by atoms with Gasteiger partial charge in [0.05, 0.1) is 17.3 Å². The van der Waals surface area contributed by atoms with Crippen molar-refractivity contribution in [2.75, 3.05) is 25.4 Å². The molecule has 0 bridgehead atoms. The van der Waals surface area contributed by atoms with Crippen LogP contribution in [0.2, 0.25) is 0 Å². The van der Waals surface area contributed by atoms with E-state index in [0.29, 0.717) is 36.5 Å². The lowest BCUT2D eigenvalue weighted by Crippen LogP contribution is -2.29. The normalized spacial score (nSPS) is 11.8. The lowest BCUT2D eigenvalue weighted by atomic mass is 10.2. The lowest BCUT2D eigenvalue weighted by Gasteiger charge is -2.21. The Morgan fingerprint density at radius 2 is 1.80 bits per heavy atom. The molecule has 0 unspecified atom stereocenters. The number of aliphatic hydroxyl groups is 1. The van der Waals surface area contributed by atoms with Crippen LogP contribution in [0.1, 0.15) is 12.0 Å². The van der Waals surface area contributed by atoms with Crippen LogP contribution in [0.5, 0.6) is 0 Å². The van der Waals surface area contributed by atoms with Gasteiger partial charge in [-0.05, 0) is 43.3 Å². The van der Waals surface area contributed by atoms with Crippen LogP contribution in [-0.2, 0) is 16.4 Å². The van der Waals surface area contributed by atoms with Crippen LogP contribution in [0.15, 0.2) is 57.9 Å². The zero-order valence-electron chi connectivity index (χ0n) is 13.7. The Kier molecular flexibility index (Phi) is 7.56. The van der Waals surface area contributed by atoms with Crippen molar-refractivity contribution in [1.82, 2.24) is 4.90 Å². The summed E-state index contributed by atoms with van der Waals surface area (Å²) in [6.07, 6.45) is 0.410. The highest BCUT2D eigenvalue weighted by Gasteiger charge is 2.15. The highest BCUT2D eigenvalue weighted by atomic mass is 79.9. The van der Waals surface area contributed by atoms with Crippen LogP contribution in [0, 0.1) is 5.82 Å². The highest BCUT2D eigenvalue weighted by Crippen LogP contribution is 2.18. The van der Waals surface area contributed by atoms with Crippen molar-refractivity contribution in [2.45, 2.75) is 17.9 Å². The third kappa shape index (κ3) is 6.18. The zero-order valence-corrected chi connectivity index (χ0v) is 16.1. The zero-order chi connectivity index (χ0) is 18.3. The van der Waals surface area contributed by atoms with E-state index >= 15 is 0 Å². The van der Waals surface area contributed by atoms with Crippen LogP contribution in [-0.4, -0.2) is 43.9 Å². The molecule has 0 radical (unpaired) electrons. The van der Waals surface area contributed by atoms with Gasteiger partial charge in [0.15, 0.2) is 9.84 Å². The van der Waals surface area contributed by atoms with Gasteiger partial charge in [0.25, 0.3) is 0 Å². The van der Waals surface area contributed by atoms with Gasteiger partial charge in [-0.2, -0.15) is 0 Å². The van der Waals surface area contributed by atoms with Crippen molar-refractivity contribution in [1.29, 1.82) is 0 Å². The Balaban J connectivity index is 1.97. The molecule has 136 valence electrons. The smallest absolute Gasteiger partial charge is 0.178 e. The number of hydrogen-bond donors (Lipinski definition) is 1. The molecule has 0 aromatic heterocycles. The molecule has 2 aromatic carbocycles.